The number of nitrogens with zero attached hydrogens (tertiary/aromatic N) is 1. The fourth-order valence-corrected chi connectivity index (χ4v) is 3.25. The van der Waals surface area contributed by atoms with Crippen LogP contribution in [-0.2, 0) is 11.3 Å². The maximum Gasteiger partial charge on any atom is 0.274 e. The monoisotopic (exact) mass is 326 g/mol. The van der Waals surface area contributed by atoms with Crippen molar-refractivity contribution in [1.29, 1.82) is 0 Å². The van der Waals surface area contributed by atoms with E-state index in [2.05, 4.69) is 29.2 Å². The topological polar surface area (TPSA) is 61.8 Å². The van der Waals surface area contributed by atoms with Crippen molar-refractivity contribution in [2.75, 3.05) is 18.6 Å². The van der Waals surface area contributed by atoms with E-state index in [4.69, 9.17) is 9.94 Å². The lowest BCUT2D eigenvalue weighted by molar-refractivity contribution is 0.0706. The lowest BCUT2D eigenvalue weighted by Crippen LogP contribution is -2.23. The van der Waals surface area contributed by atoms with Crippen LogP contribution in [0.1, 0.15) is 40.4 Å². The molecule has 0 aliphatic carbocycles. The van der Waals surface area contributed by atoms with E-state index in [1.807, 2.05) is 12.1 Å². The molecule has 0 radical (unpaired) electrons. The molecule has 126 valence electrons. The van der Waals surface area contributed by atoms with Gasteiger partial charge < -0.3 is 9.64 Å². The van der Waals surface area contributed by atoms with Crippen LogP contribution in [0.5, 0.6) is 0 Å². The minimum Gasteiger partial charge on any atom is -0.377 e. The Balaban J connectivity index is 1.83. The van der Waals surface area contributed by atoms with Gasteiger partial charge in [-0.25, -0.2) is 5.48 Å². The number of anilines is 1. The molecule has 0 saturated carbocycles. The average Bonchev–Trinajstić information content (AvgIpc) is 2.81. The summed E-state index contributed by atoms with van der Waals surface area (Å²) in [4.78, 5) is 13.8. The standard InChI is InChI=1S/C19H22N2O3/c1-24-18-7-4-12-21(17-6-3-2-5-16(17)18)13-14-8-10-15(11-9-14)19(22)20-23/h2-3,5-6,8-11,18,23H,4,7,12-13H2,1H3,(H,20,22). The SMILES string of the molecule is COC1CCCN(Cc2ccc(C(=O)NO)cc2)c2ccccc21. The fourth-order valence-electron chi connectivity index (χ4n) is 3.25. The van der Waals surface area contributed by atoms with Crippen LogP contribution in [0.15, 0.2) is 48.5 Å². The number of amides is 1. The summed E-state index contributed by atoms with van der Waals surface area (Å²) >= 11 is 0. The van der Waals surface area contributed by atoms with Crippen LogP contribution in [0.2, 0.25) is 0 Å². The van der Waals surface area contributed by atoms with Gasteiger partial charge in [0.05, 0.1) is 6.10 Å². The summed E-state index contributed by atoms with van der Waals surface area (Å²) in [7, 11) is 1.77. The quantitative estimate of drug-likeness (QED) is 0.668. The van der Waals surface area contributed by atoms with Crippen LogP contribution < -0.4 is 10.4 Å². The Bertz CT molecular complexity index is 700. The molecule has 0 fully saturated rings. The van der Waals surface area contributed by atoms with Gasteiger partial charge >= 0.3 is 0 Å². The Labute approximate surface area is 141 Å². The number of nitrogens with one attached hydrogen (secondary N) is 1. The van der Waals surface area contributed by atoms with Crippen molar-refractivity contribution in [1.82, 2.24) is 5.48 Å². The molecule has 1 aliphatic rings. The van der Waals surface area contributed by atoms with Crippen LogP contribution in [0.3, 0.4) is 0 Å². The van der Waals surface area contributed by atoms with Gasteiger partial charge in [-0.3, -0.25) is 10.0 Å². The number of hydrogen-bond acceptors (Lipinski definition) is 4. The van der Waals surface area contributed by atoms with Crippen LogP contribution >= 0.6 is 0 Å². The van der Waals surface area contributed by atoms with Gasteiger partial charge in [-0.15, -0.1) is 0 Å². The average molecular weight is 326 g/mol. The van der Waals surface area contributed by atoms with Crippen molar-refractivity contribution in [3.63, 3.8) is 0 Å². The van der Waals surface area contributed by atoms with Crippen molar-refractivity contribution in [3.05, 3.63) is 65.2 Å². The van der Waals surface area contributed by atoms with E-state index in [1.165, 1.54) is 11.3 Å². The van der Waals surface area contributed by atoms with Gasteiger partial charge in [0.2, 0.25) is 0 Å². The summed E-state index contributed by atoms with van der Waals surface area (Å²) in [5, 5.41) is 8.69. The van der Waals surface area contributed by atoms with Gasteiger partial charge in [-0.05, 0) is 36.6 Å². The Morgan fingerprint density at radius 3 is 2.71 bits per heavy atom. The molecule has 1 heterocycles. The molecule has 5 heteroatoms. The minimum absolute atomic E-state index is 0.141. The molecule has 1 atom stereocenters. The van der Waals surface area contributed by atoms with Crippen molar-refractivity contribution < 1.29 is 14.7 Å². The molecule has 2 N–H and O–H groups in total. The van der Waals surface area contributed by atoms with E-state index in [-0.39, 0.29) is 6.10 Å². The Morgan fingerprint density at radius 2 is 2.00 bits per heavy atom. The van der Waals surface area contributed by atoms with Gasteiger partial charge in [-0.2, -0.15) is 0 Å². The highest BCUT2D eigenvalue weighted by Gasteiger charge is 2.22. The zero-order valence-corrected chi connectivity index (χ0v) is 13.7. The van der Waals surface area contributed by atoms with Crippen LogP contribution in [0.4, 0.5) is 5.69 Å². The van der Waals surface area contributed by atoms with Gasteiger partial charge in [0.15, 0.2) is 0 Å². The molecule has 1 unspecified atom stereocenters. The first-order valence-electron chi connectivity index (χ1n) is 8.13. The number of rotatable bonds is 4. The summed E-state index contributed by atoms with van der Waals surface area (Å²) in [6, 6.07) is 15.7. The second kappa shape index (κ2) is 7.47. The number of benzene rings is 2. The zero-order valence-electron chi connectivity index (χ0n) is 13.7. The van der Waals surface area contributed by atoms with Crippen molar-refractivity contribution in [2.24, 2.45) is 0 Å². The first-order chi connectivity index (χ1) is 11.7. The highest BCUT2D eigenvalue weighted by Crippen LogP contribution is 2.35. The minimum atomic E-state index is -0.496. The predicted octanol–water partition coefficient (Wildman–Crippen LogP) is 3.29. The summed E-state index contributed by atoms with van der Waals surface area (Å²) < 4.78 is 5.66. The van der Waals surface area contributed by atoms with Gasteiger partial charge in [0.25, 0.3) is 5.91 Å². The summed E-state index contributed by atoms with van der Waals surface area (Å²) in [5.74, 6) is -0.496. The normalized spacial score (nSPS) is 17.1. The van der Waals surface area contributed by atoms with Crippen molar-refractivity contribution in [2.45, 2.75) is 25.5 Å². The molecule has 24 heavy (non-hydrogen) atoms. The van der Waals surface area contributed by atoms with E-state index in [0.29, 0.717) is 5.56 Å². The molecule has 1 amide bonds. The smallest absolute Gasteiger partial charge is 0.274 e. The van der Waals surface area contributed by atoms with Crippen molar-refractivity contribution in [3.8, 4) is 0 Å². The summed E-state index contributed by atoms with van der Waals surface area (Å²) in [6.45, 7) is 1.74. The van der Waals surface area contributed by atoms with Crippen LogP contribution in [-0.4, -0.2) is 24.8 Å². The van der Waals surface area contributed by atoms with E-state index in [0.717, 1.165) is 31.5 Å². The lowest BCUT2D eigenvalue weighted by atomic mass is 10.0. The number of ether oxygens (including phenoxy) is 1. The second-order valence-electron chi connectivity index (χ2n) is 5.98. The molecule has 0 bridgehead atoms. The number of methoxy groups -OCH3 is 1. The number of hydrogen-bond donors (Lipinski definition) is 2. The summed E-state index contributed by atoms with van der Waals surface area (Å²) in [6.07, 6.45) is 2.22. The summed E-state index contributed by atoms with van der Waals surface area (Å²) in [5.41, 5.74) is 5.65. The molecule has 0 aromatic heterocycles. The maximum atomic E-state index is 11.4. The van der Waals surface area contributed by atoms with Gasteiger partial charge in [0.1, 0.15) is 0 Å². The first kappa shape index (κ1) is 16.5. The highest BCUT2D eigenvalue weighted by atomic mass is 16.5. The van der Waals surface area contributed by atoms with Crippen LogP contribution in [0, 0.1) is 0 Å². The highest BCUT2D eigenvalue weighted by molar-refractivity contribution is 5.93. The van der Waals surface area contributed by atoms with Crippen molar-refractivity contribution >= 4 is 11.6 Å². The Morgan fingerprint density at radius 1 is 1.25 bits per heavy atom. The molecule has 3 rings (SSSR count). The predicted molar refractivity (Wildman–Crippen MR) is 92.2 cm³/mol. The molecule has 0 saturated heterocycles. The van der Waals surface area contributed by atoms with E-state index in [9.17, 15) is 4.79 Å². The number of carbonyl (C=O) groups excluding carboxylic acids is 1. The second-order valence-corrected chi connectivity index (χ2v) is 5.98. The molecule has 2 aromatic rings. The van der Waals surface area contributed by atoms with Crippen LogP contribution in [0.25, 0.3) is 0 Å². The van der Waals surface area contributed by atoms with E-state index < -0.39 is 5.91 Å². The maximum absolute atomic E-state index is 11.4. The Hall–Kier alpha value is -2.37. The lowest BCUT2D eigenvalue weighted by Gasteiger charge is -2.25. The first-order valence-corrected chi connectivity index (χ1v) is 8.13. The zero-order chi connectivity index (χ0) is 16.9. The molecular weight excluding hydrogens is 304 g/mol. The molecule has 1 aliphatic heterocycles. The third-order valence-corrected chi connectivity index (χ3v) is 4.49. The fraction of sp³-hybridized carbons (Fsp3) is 0.316. The van der Waals surface area contributed by atoms with E-state index >= 15 is 0 Å². The number of para-hydroxylation sites is 1. The van der Waals surface area contributed by atoms with Gasteiger partial charge in [0, 0.05) is 37.0 Å². The largest absolute Gasteiger partial charge is 0.377 e. The molecule has 5 nitrogen and oxygen atoms in total. The number of hydroxylamine groups is 1. The van der Waals surface area contributed by atoms with E-state index in [1.54, 1.807) is 24.7 Å². The third kappa shape index (κ3) is 3.42. The molecule has 0 spiro atoms. The number of carbonyl (C=O) groups is 1. The van der Waals surface area contributed by atoms with Gasteiger partial charge in [-0.1, -0.05) is 30.3 Å². The number of fused-ring (bicyclic) bond motifs is 1. The molecular formula is C19H22N2O3. The molecule has 2 aromatic carbocycles. The Kier molecular flexibility index (Phi) is 5.13. The third-order valence-electron chi connectivity index (χ3n) is 4.49.